The van der Waals surface area contributed by atoms with Gasteiger partial charge in [-0.05, 0) is 69.8 Å². The van der Waals surface area contributed by atoms with Crippen molar-refractivity contribution in [3.63, 3.8) is 0 Å². The Morgan fingerprint density at radius 2 is 1.86 bits per heavy atom. The van der Waals surface area contributed by atoms with Crippen molar-refractivity contribution in [2.75, 3.05) is 0 Å². The van der Waals surface area contributed by atoms with Crippen LogP contribution in [0.5, 0.6) is 0 Å². The molecular weight excluding hydrogens is 448 g/mol. The van der Waals surface area contributed by atoms with Crippen LogP contribution in [-0.4, -0.2) is 5.97 Å². The number of esters is 1. The number of fused-ring (bicyclic) bond motifs is 1. The molecule has 1 aliphatic rings. The van der Waals surface area contributed by atoms with Crippen molar-refractivity contribution in [2.45, 2.75) is 3.42 Å². The van der Waals surface area contributed by atoms with Gasteiger partial charge in [0.2, 0.25) is 3.42 Å². The Kier molecular flexibility index (Phi) is 2.83. The highest BCUT2D eigenvalue weighted by atomic mass is 79.9. The van der Waals surface area contributed by atoms with Gasteiger partial charge in [0.15, 0.2) is 0 Å². The van der Waals surface area contributed by atoms with E-state index in [-0.39, 0.29) is 5.97 Å². The Bertz CT molecular complexity index is 428. The number of carbonyl (C=O) groups excluding carboxylic acids is 1. The molecule has 0 amide bonds. The average Bonchev–Trinajstić information content (AvgIpc) is 2.29. The lowest BCUT2D eigenvalue weighted by Crippen LogP contribution is -2.06. The van der Waals surface area contributed by atoms with Crippen LogP contribution in [0.15, 0.2) is 21.1 Å². The summed E-state index contributed by atoms with van der Waals surface area (Å²) in [6.45, 7) is 0. The molecule has 0 saturated carbocycles. The molecule has 14 heavy (non-hydrogen) atoms. The van der Waals surface area contributed by atoms with Gasteiger partial charge < -0.3 is 4.74 Å². The molecule has 0 saturated heterocycles. The fourth-order valence-electron chi connectivity index (χ4n) is 1.22. The third-order valence-electron chi connectivity index (χ3n) is 1.83. The molecule has 1 heterocycles. The normalized spacial score (nSPS) is 17.9. The van der Waals surface area contributed by atoms with Gasteiger partial charge in [-0.2, -0.15) is 0 Å². The second-order valence-electron chi connectivity index (χ2n) is 2.69. The van der Waals surface area contributed by atoms with Gasteiger partial charge in [0, 0.05) is 14.5 Å². The van der Waals surface area contributed by atoms with E-state index in [1.54, 1.807) is 0 Å². The maximum atomic E-state index is 11.5. The molecule has 1 aromatic rings. The lowest BCUT2D eigenvalue weighted by atomic mass is 10.1. The highest BCUT2D eigenvalue weighted by Gasteiger charge is 2.43. The van der Waals surface area contributed by atoms with Gasteiger partial charge >= 0.3 is 5.97 Å². The van der Waals surface area contributed by atoms with E-state index in [1.165, 1.54) is 0 Å². The van der Waals surface area contributed by atoms with Crippen LogP contribution in [0.4, 0.5) is 0 Å². The number of ether oxygens (including phenoxy) is 1. The molecule has 0 spiro atoms. The summed E-state index contributed by atoms with van der Waals surface area (Å²) in [6, 6.07) is 3.67. The molecule has 0 unspecified atom stereocenters. The van der Waals surface area contributed by atoms with E-state index in [4.69, 9.17) is 4.74 Å². The maximum absolute atomic E-state index is 11.5. The van der Waals surface area contributed by atoms with Crippen LogP contribution in [0.3, 0.4) is 0 Å². The summed E-state index contributed by atoms with van der Waals surface area (Å²) in [6.07, 6.45) is 0. The van der Waals surface area contributed by atoms with Crippen LogP contribution in [0.25, 0.3) is 0 Å². The monoisotopic (exact) mass is 446 g/mol. The number of cyclic esters (lactones) is 1. The first-order valence-corrected chi connectivity index (χ1v) is 6.70. The number of hydrogen-bond donors (Lipinski definition) is 0. The Balaban J connectivity index is 2.75. The van der Waals surface area contributed by atoms with Gasteiger partial charge in [-0.25, -0.2) is 4.79 Å². The number of hydrogen-bond acceptors (Lipinski definition) is 2. The minimum Gasteiger partial charge on any atom is -0.429 e. The summed E-state index contributed by atoms with van der Waals surface area (Å²) in [4.78, 5) is 11.5. The lowest BCUT2D eigenvalue weighted by Gasteiger charge is -2.12. The topological polar surface area (TPSA) is 26.3 Å². The molecule has 0 radical (unpaired) electrons. The molecule has 0 atom stereocenters. The number of halogens is 4. The highest BCUT2D eigenvalue weighted by molar-refractivity contribution is 9.24. The molecule has 0 fully saturated rings. The lowest BCUT2D eigenvalue weighted by molar-refractivity contribution is 0.0493. The SMILES string of the molecule is O=C1OC(Br)(Br)c2ccc(Br)c(Br)c21. The summed E-state index contributed by atoms with van der Waals surface area (Å²) < 4.78 is 5.74. The number of alkyl halides is 2. The molecular formula is C8H2Br4O2. The van der Waals surface area contributed by atoms with Crippen LogP contribution in [0.2, 0.25) is 0 Å². The standard InChI is InChI=1S/C8H2Br4O2/c9-4-2-1-3-5(6(4)10)7(13)14-8(3,11)12/h1-2H. The van der Waals surface area contributed by atoms with Crippen LogP contribution < -0.4 is 0 Å². The molecule has 0 N–H and O–H groups in total. The quantitative estimate of drug-likeness (QED) is 0.436. The first kappa shape index (κ1) is 11.1. The summed E-state index contributed by atoms with van der Waals surface area (Å²) in [5.41, 5.74) is 1.30. The van der Waals surface area contributed by atoms with Crippen molar-refractivity contribution < 1.29 is 9.53 Å². The van der Waals surface area contributed by atoms with Crippen LogP contribution in [0.1, 0.15) is 15.9 Å². The van der Waals surface area contributed by atoms with E-state index in [9.17, 15) is 4.79 Å². The first-order chi connectivity index (χ1) is 6.43. The van der Waals surface area contributed by atoms with Gasteiger partial charge in [0.1, 0.15) is 0 Å². The zero-order valence-electron chi connectivity index (χ0n) is 6.48. The van der Waals surface area contributed by atoms with Crippen molar-refractivity contribution >= 4 is 69.7 Å². The van der Waals surface area contributed by atoms with E-state index in [0.29, 0.717) is 10.0 Å². The summed E-state index contributed by atoms with van der Waals surface area (Å²) in [7, 11) is 0. The fourth-order valence-corrected chi connectivity index (χ4v) is 3.01. The van der Waals surface area contributed by atoms with Gasteiger partial charge in [-0.1, -0.05) is 6.07 Å². The van der Waals surface area contributed by atoms with Gasteiger partial charge in [0.25, 0.3) is 0 Å². The highest BCUT2D eigenvalue weighted by Crippen LogP contribution is 2.49. The smallest absolute Gasteiger partial charge is 0.342 e. The number of rotatable bonds is 0. The minimum atomic E-state index is -0.893. The predicted octanol–water partition coefficient (Wildman–Crippen LogP) is 4.28. The van der Waals surface area contributed by atoms with Gasteiger partial charge in [-0.3, -0.25) is 0 Å². The maximum Gasteiger partial charge on any atom is 0.342 e. The summed E-state index contributed by atoms with van der Waals surface area (Å²) >= 11 is 13.2. The van der Waals surface area contributed by atoms with Gasteiger partial charge in [-0.15, -0.1) is 0 Å². The molecule has 2 nitrogen and oxygen atoms in total. The predicted molar refractivity (Wildman–Crippen MR) is 66.8 cm³/mol. The Hall–Kier alpha value is 0.610. The fraction of sp³-hybridized carbons (Fsp3) is 0.125. The Labute approximate surface area is 114 Å². The van der Waals surface area contributed by atoms with Crippen molar-refractivity contribution in [1.82, 2.24) is 0 Å². The van der Waals surface area contributed by atoms with Gasteiger partial charge in [0.05, 0.1) is 5.56 Å². The first-order valence-electron chi connectivity index (χ1n) is 3.53. The Morgan fingerprint density at radius 3 is 2.50 bits per heavy atom. The second-order valence-corrected chi connectivity index (χ2v) is 7.64. The van der Waals surface area contributed by atoms with Crippen molar-refractivity contribution in [3.05, 3.63) is 32.2 Å². The molecule has 6 heteroatoms. The van der Waals surface area contributed by atoms with E-state index < -0.39 is 3.42 Å². The van der Waals surface area contributed by atoms with Crippen molar-refractivity contribution in [1.29, 1.82) is 0 Å². The third kappa shape index (κ3) is 1.60. The third-order valence-corrected chi connectivity index (χ3v) is 5.03. The van der Waals surface area contributed by atoms with E-state index >= 15 is 0 Å². The summed E-state index contributed by atoms with van der Waals surface area (Å²) in [5, 5.41) is 0. The van der Waals surface area contributed by atoms with Crippen molar-refractivity contribution in [3.8, 4) is 0 Å². The average molecular weight is 450 g/mol. The van der Waals surface area contributed by atoms with E-state index in [2.05, 4.69) is 63.7 Å². The minimum absolute atomic E-state index is 0.359. The molecule has 0 aliphatic carbocycles. The molecule has 1 aromatic carbocycles. The molecule has 74 valence electrons. The zero-order chi connectivity index (χ0) is 10.5. The molecule has 1 aliphatic heterocycles. The van der Waals surface area contributed by atoms with Crippen LogP contribution in [0, 0.1) is 0 Å². The Morgan fingerprint density at radius 1 is 1.21 bits per heavy atom. The molecule has 0 aromatic heterocycles. The molecule has 2 rings (SSSR count). The van der Waals surface area contributed by atoms with Crippen LogP contribution in [-0.2, 0) is 8.16 Å². The van der Waals surface area contributed by atoms with E-state index in [0.717, 1.165) is 10.0 Å². The summed E-state index contributed by atoms with van der Waals surface area (Å²) in [5.74, 6) is -0.359. The zero-order valence-corrected chi connectivity index (χ0v) is 12.8. The largest absolute Gasteiger partial charge is 0.429 e. The number of benzene rings is 1. The second kappa shape index (κ2) is 3.57. The van der Waals surface area contributed by atoms with Crippen molar-refractivity contribution in [2.24, 2.45) is 0 Å². The van der Waals surface area contributed by atoms with Crippen LogP contribution >= 0.6 is 63.7 Å². The number of carbonyl (C=O) groups is 1. The van der Waals surface area contributed by atoms with E-state index in [1.807, 2.05) is 12.1 Å². The molecule has 0 bridgehead atoms.